The van der Waals surface area contributed by atoms with Gasteiger partial charge in [0.05, 0.1) is 18.1 Å². The third-order valence-corrected chi connectivity index (χ3v) is 8.63. The lowest BCUT2D eigenvalue weighted by Crippen LogP contribution is -2.52. The van der Waals surface area contributed by atoms with Crippen molar-refractivity contribution in [1.29, 1.82) is 0 Å². The van der Waals surface area contributed by atoms with Crippen molar-refractivity contribution < 1.29 is 24.5 Å². The van der Waals surface area contributed by atoms with Crippen LogP contribution in [-0.2, 0) is 16.1 Å². The normalized spacial score (nSPS) is 17.0. The Morgan fingerprint density at radius 1 is 0.956 bits per heavy atom. The van der Waals surface area contributed by atoms with E-state index in [1.165, 1.54) is 0 Å². The number of nitrogens with zero attached hydrogens (tertiary/aromatic N) is 6. The van der Waals surface area contributed by atoms with Gasteiger partial charge in [-0.15, -0.1) is 0 Å². The second kappa shape index (κ2) is 14.7. The Balaban J connectivity index is 1.28. The number of carboxylic acids is 1. The number of carbonyl (C=O) groups excluding carboxylic acids is 1. The molecule has 2 fully saturated rings. The van der Waals surface area contributed by atoms with Gasteiger partial charge in [-0.1, -0.05) is 37.0 Å². The molecule has 3 aromatic rings. The molecule has 4 heterocycles. The number of amides is 1. The van der Waals surface area contributed by atoms with Crippen LogP contribution < -0.4 is 9.64 Å². The topological polar surface area (TPSA) is 132 Å². The van der Waals surface area contributed by atoms with Gasteiger partial charge in [-0.3, -0.25) is 14.5 Å². The zero-order valence-electron chi connectivity index (χ0n) is 25.4. The maximum atomic E-state index is 12.5. The van der Waals surface area contributed by atoms with Gasteiger partial charge in [-0.25, -0.2) is 15.0 Å². The van der Waals surface area contributed by atoms with Crippen LogP contribution in [0.25, 0.3) is 11.3 Å². The quantitative estimate of drug-likeness (QED) is 0.307. The number of anilines is 1. The number of carboxylic acid groups (broad SMARTS) is 1. The maximum Gasteiger partial charge on any atom is 0.303 e. The summed E-state index contributed by atoms with van der Waals surface area (Å²) in [6.07, 6.45) is 4.09. The first-order chi connectivity index (χ1) is 21.5. The van der Waals surface area contributed by atoms with Crippen LogP contribution in [0.5, 0.6) is 11.6 Å². The predicted molar refractivity (Wildman–Crippen MR) is 172 cm³/mol. The Kier molecular flexibility index (Phi) is 10.8. The molecule has 0 aliphatic carbocycles. The van der Waals surface area contributed by atoms with E-state index in [2.05, 4.69) is 14.9 Å². The fourth-order valence-electron chi connectivity index (χ4n) is 5.65. The van der Waals surface area contributed by atoms with Crippen LogP contribution >= 0.6 is 23.2 Å². The Bertz CT molecular complexity index is 1470. The van der Waals surface area contributed by atoms with Crippen molar-refractivity contribution in [1.82, 2.24) is 24.8 Å². The highest BCUT2D eigenvalue weighted by Gasteiger charge is 2.28. The first kappa shape index (κ1) is 32.9. The third-order valence-electron chi connectivity index (χ3n) is 8.19. The summed E-state index contributed by atoms with van der Waals surface area (Å²) < 4.78 is 6.15. The molecule has 0 saturated carbocycles. The van der Waals surface area contributed by atoms with Crippen molar-refractivity contribution in [2.24, 2.45) is 11.8 Å². The van der Waals surface area contributed by atoms with Crippen molar-refractivity contribution in [3.05, 3.63) is 58.3 Å². The predicted octanol–water partition coefficient (Wildman–Crippen LogP) is 4.99. The molecule has 2 N–H and O–H groups in total. The van der Waals surface area contributed by atoms with Gasteiger partial charge < -0.3 is 24.7 Å². The summed E-state index contributed by atoms with van der Waals surface area (Å²) in [6, 6.07) is 9.14. The number of aromatic nitrogens is 3. The number of aliphatic hydroxyl groups is 1. The van der Waals surface area contributed by atoms with Crippen molar-refractivity contribution in [3.8, 4) is 22.9 Å². The fourth-order valence-corrected chi connectivity index (χ4v) is 6.18. The lowest BCUT2D eigenvalue weighted by molar-refractivity contribution is -0.142. The number of halogens is 2. The van der Waals surface area contributed by atoms with Crippen LogP contribution in [-0.4, -0.2) is 92.2 Å². The van der Waals surface area contributed by atoms with E-state index in [4.69, 9.17) is 38.0 Å². The van der Waals surface area contributed by atoms with Gasteiger partial charge >= 0.3 is 5.97 Å². The number of ether oxygens (including phenoxy) is 1. The molecule has 1 unspecified atom stereocenters. The summed E-state index contributed by atoms with van der Waals surface area (Å²) in [7, 11) is 0. The number of likely N-dealkylation sites (tertiary alicyclic amines) is 1. The lowest BCUT2D eigenvalue weighted by atomic mass is 9.93. The SMILES string of the molecule is CC(C)C(O)C(=O)N1CCN(c2ncc(Oc3cc(CN4CCC(CC(=O)O)CC4)cc(-c4cc(Cl)cc(Cl)c4)n3)cn2)CC1. The zero-order valence-corrected chi connectivity index (χ0v) is 26.9. The van der Waals surface area contributed by atoms with Crippen LogP contribution in [0, 0.1) is 11.8 Å². The molecule has 0 radical (unpaired) electrons. The summed E-state index contributed by atoms with van der Waals surface area (Å²) in [6.45, 7) is 7.99. The summed E-state index contributed by atoms with van der Waals surface area (Å²) >= 11 is 12.6. The van der Waals surface area contributed by atoms with Crippen molar-refractivity contribution in [3.63, 3.8) is 0 Å². The number of pyridine rings is 1. The number of piperazine rings is 1. The molecule has 0 bridgehead atoms. The first-order valence-corrected chi connectivity index (χ1v) is 15.9. The zero-order chi connectivity index (χ0) is 32.1. The van der Waals surface area contributed by atoms with E-state index in [1.54, 1.807) is 35.5 Å². The molecule has 1 aromatic carbocycles. The fraction of sp³-hybridized carbons (Fsp3) is 0.469. The molecule has 45 heavy (non-hydrogen) atoms. The average molecular weight is 658 g/mol. The highest BCUT2D eigenvalue weighted by Crippen LogP contribution is 2.31. The molecule has 5 rings (SSSR count). The Hall–Kier alpha value is -3.51. The Labute approximate surface area is 272 Å². The summed E-state index contributed by atoms with van der Waals surface area (Å²) in [5.41, 5.74) is 2.39. The maximum absolute atomic E-state index is 12.5. The second-order valence-corrected chi connectivity index (χ2v) is 12.9. The molecule has 1 atom stereocenters. The van der Waals surface area contributed by atoms with E-state index in [0.717, 1.165) is 37.1 Å². The minimum absolute atomic E-state index is 0.135. The largest absolute Gasteiger partial charge is 0.481 e. The molecule has 2 aliphatic heterocycles. The highest BCUT2D eigenvalue weighted by molar-refractivity contribution is 6.35. The number of hydrogen-bond donors (Lipinski definition) is 2. The van der Waals surface area contributed by atoms with Gasteiger partial charge in [0.25, 0.3) is 5.91 Å². The van der Waals surface area contributed by atoms with Crippen LogP contribution in [0.3, 0.4) is 0 Å². The molecule has 1 amide bonds. The highest BCUT2D eigenvalue weighted by atomic mass is 35.5. The van der Waals surface area contributed by atoms with Crippen molar-refractivity contribution >= 4 is 41.0 Å². The summed E-state index contributed by atoms with van der Waals surface area (Å²) in [4.78, 5) is 43.4. The Morgan fingerprint density at radius 2 is 1.60 bits per heavy atom. The minimum Gasteiger partial charge on any atom is -0.481 e. The van der Waals surface area contributed by atoms with E-state index in [0.29, 0.717) is 66.0 Å². The number of aliphatic hydroxyl groups excluding tert-OH is 1. The van der Waals surface area contributed by atoms with Gasteiger partial charge in [0.15, 0.2) is 5.75 Å². The molecule has 2 aromatic heterocycles. The smallest absolute Gasteiger partial charge is 0.303 e. The van der Waals surface area contributed by atoms with Crippen LogP contribution in [0.4, 0.5) is 5.95 Å². The van der Waals surface area contributed by atoms with E-state index in [9.17, 15) is 14.7 Å². The van der Waals surface area contributed by atoms with Crippen LogP contribution in [0.15, 0.2) is 42.7 Å². The first-order valence-electron chi connectivity index (χ1n) is 15.2. The molecule has 13 heteroatoms. The molecule has 0 spiro atoms. The van der Waals surface area contributed by atoms with Crippen molar-refractivity contribution in [2.75, 3.05) is 44.2 Å². The van der Waals surface area contributed by atoms with Gasteiger partial charge in [-0.05, 0) is 67.6 Å². The number of carbonyl (C=O) groups is 2. The van der Waals surface area contributed by atoms with Crippen LogP contribution in [0.1, 0.15) is 38.7 Å². The summed E-state index contributed by atoms with van der Waals surface area (Å²) in [5.74, 6) is 0.388. The standard InChI is InChI=1S/C32H38Cl2N6O5/c1-20(2)30(43)31(44)39-7-9-40(10-8-39)32-35-17-26(18-36-32)45-28-12-22(19-38-5-3-21(4-6-38)13-29(41)42)11-27(37-28)23-14-24(33)16-25(34)15-23/h11-12,14-18,20-21,30,43H,3-10,13,19H2,1-2H3,(H,41,42). The monoisotopic (exact) mass is 656 g/mol. The van der Waals surface area contributed by atoms with Crippen molar-refractivity contribution in [2.45, 2.75) is 45.8 Å². The molecule has 11 nitrogen and oxygen atoms in total. The van der Waals surface area contributed by atoms with Gasteiger partial charge in [-0.2, -0.15) is 0 Å². The number of aliphatic carboxylic acids is 1. The Morgan fingerprint density at radius 3 is 2.20 bits per heavy atom. The van der Waals surface area contributed by atoms with Gasteiger partial charge in [0, 0.05) is 60.8 Å². The number of piperidine rings is 1. The number of rotatable bonds is 10. The minimum atomic E-state index is -0.997. The molecule has 240 valence electrons. The molecule has 2 aliphatic rings. The number of hydrogen-bond acceptors (Lipinski definition) is 9. The average Bonchev–Trinajstić information content (AvgIpc) is 3.01. The summed E-state index contributed by atoms with van der Waals surface area (Å²) in [5, 5.41) is 20.3. The second-order valence-electron chi connectivity index (χ2n) is 12.0. The van der Waals surface area contributed by atoms with Crippen LogP contribution in [0.2, 0.25) is 10.0 Å². The lowest BCUT2D eigenvalue weighted by Gasteiger charge is -2.36. The molecular weight excluding hydrogens is 619 g/mol. The van der Waals surface area contributed by atoms with E-state index in [1.807, 2.05) is 30.9 Å². The number of benzene rings is 1. The van der Waals surface area contributed by atoms with E-state index in [-0.39, 0.29) is 24.2 Å². The van der Waals surface area contributed by atoms with Gasteiger partial charge in [0.2, 0.25) is 11.8 Å². The van der Waals surface area contributed by atoms with E-state index >= 15 is 0 Å². The molecular formula is C32H38Cl2N6O5. The van der Waals surface area contributed by atoms with E-state index < -0.39 is 12.1 Å². The third kappa shape index (κ3) is 8.82. The van der Waals surface area contributed by atoms with Gasteiger partial charge in [0.1, 0.15) is 6.10 Å². The molecule has 2 saturated heterocycles.